The van der Waals surface area contributed by atoms with Crippen LogP contribution in [-0.2, 0) is 0 Å². The zero-order chi connectivity index (χ0) is 14.3. The van der Waals surface area contributed by atoms with Gasteiger partial charge in [-0.25, -0.2) is 4.98 Å². The van der Waals surface area contributed by atoms with Gasteiger partial charge in [-0.15, -0.1) is 11.3 Å². The Balaban J connectivity index is 2.07. The van der Waals surface area contributed by atoms with Crippen LogP contribution in [0.25, 0.3) is 10.2 Å². The van der Waals surface area contributed by atoms with E-state index in [2.05, 4.69) is 31.2 Å². The average Bonchev–Trinajstić information content (AvgIpc) is 2.74. The van der Waals surface area contributed by atoms with Gasteiger partial charge in [0, 0.05) is 15.0 Å². The van der Waals surface area contributed by atoms with Crippen LogP contribution in [0, 0.1) is 6.92 Å². The molecule has 102 valence electrons. The Morgan fingerprint density at radius 3 is 2.75 bits per heavy atom. The Labute approximate surface area is 138 Å². The summed E-state index contributed by atoms with van der Waals surface area (Å²) in [6, 6.07) is 7.66. The Hall–Kier alpha value is -0.880. The molecule has 0 saturated carbocycles. The lowest BCUT2D eigenvalue weighted by atomic mass is 10.3. The molecule has 0 aliphatic carbocycles. The number of aryl methyl sites for hydroxylation is 1. The van der Waals surface area contributed by atoms with Crippen LogP contribution in [0.3, 0.4) is 0 Å². The first-order valence-corrected chi connectivity index (χ1v) is 8.05. The fourth-order valence-electron chi connectivity index (χ4n) is 1.82. The highest BCUT2D eigenvalue weighted by atomic mass is 79.9. The SMILES string of the molecule is Cc1cc2c(Nc3ccc(Br)c(Cl)c3)nc(Cl)nc2s1. The van der Waals surface area contributed by atoms with Crippen LogP contribution >= 0.6 is 50.5 Å². The number of benzene rings is 1. The second-order valence-electron chi connectivity index (χ2n) is 4.17. The fourth-order valence-corrected chi connectivity index (χ4v) is 3.35. The lowest BCUT2D eigenvalue weighted by Crippen LogP contribution is -1.95. The molecule has 0 aliphatic rings. The van der Waals surface area contributed by atoms with Crippen molar-refractivity contribution in [2.45, 2.75) is 6.92 Å². The lowest BCUT2D eigenvalue weighted by molar-refractivity contribution is 1.23. The predicted octanol–water partition coefficient (Wildman–Crippen LogP) is 5.81. The highest BCUT2D eigenvalue weighted by Crippen LogP contribution is 2.32. The summed E-state index contributed by atoms with van der Waals surface area (Å²) in [5.74, 6) is 0.683. The number of anilines is 2. The number of aromatic nitrogens is 2. The Kier molecular flexibility index (Phi) is 3.86. The molecule has 0 radical (unpaired) electrons. The summed E-state index contributed by atoms with van der Waals surface area (Å²) in [5.41, 5.74) is 0.845. The zero-order valence-corrected chi connectivity index (χ0v) is 14.2. The van der Waals surface area contributed by atoms with Gasteiger partial charge in [-0.05, 0) is 58.7 Å². The smallest absolute Gasteiger partial charge is 0.225 e. The van der Waals surface area contributed by atoms with Gasteiger partial charge in [0.05, 0.1) is 10.4 Å². The van der Waals surface area contributed by atoms with Crippen molar-refractivity contribution in [3.8, 4) is 0 Å². The Morgan fingerprint density at radius 2 is 2.00 bits per heavy atom. The number of nitrogens with zero attached hydrogens (tertiary/aromatic N) is 2. The number of hydrogen-bond donors (Lipinski definition) is 1. The van der Waals surface area contributed by atoms with Crippen LogP contribution in [0.1, 0.15) is 4.88 Å². The summed E-state index contributed by atoms with van der Waals surface area (Å²) >= 11 is 17.0. The molecule has 1 N–H and O–H groups in total. The van der Waals surface area contributed by atoms with E-state index >= 15 is 0 Å². The van der Waals surface area contributed by atoms with E-state index in [9.17, 15) is 0 Å². The summed E-state index contributed by atoms with van der Waals surface area (Å²) in [5, 5.41) is 5.05. The molecule has 7 heteroatoms. The number of nitrogens with one attached hydrogen (secondary N) is 1. The second kappa shape index (κ2) is 5.48. The number of fused-ring (bicyclic) bond motifs is 1. The maximum Gasteiger partial charge on any atom is 0.225 e. The third kappa shape index (κ3) is 2.76. The van der Waals surface area contributed by atoms with E-state index in [0.29, 0.717) is 10.8 Å². The number of thiophene rings is 1. The number of hydrogen-bond acceptors (Lipinski definition) is 4. The third-order valence-corrected chi connectivity index (χ3v) is 5.02. The van der Waals surface area contributed by atoms with E-state index < -0.39 is 0 Å². The van der Waals surface area contributed by atoms with Crippen LogP contribution in [0.5, 0.6) is 0 Å². The quantitative estimate of drug-likeness (QED) is 0.562. The molecule has 3 aromatic rings. The van der Waals surface area contributed by atoms with Gasteiger partial charge in [0.2, 0.25) is 5.28 Å². The van der Waals surface area contributed by atoms with Crippen molar-refractivity contribution < 1.29 is 0 Å². The summed E-state index contributed by atoms with van der Waals surface area (Å²) < 4.78 is 0.849. The molecule has 2 aromatic heterocycles. The lowest BCUT2D eigenvalue weighted by Gasteiger charge is -2.08. The van der Waals surface area contributed by atoms with E-state index in [1.54, 1.807) is 11.3 Å². The summed E-state index contributed by atoms with van der Waals surface area (Å²) in [6.07, 6.45) is 0. The number of rotatable bonds is 2. The fraction of sp³-hybridized carbons (Fsp3) is 0.0769. The van der Waals surface area contributed by atoms with E-state index in [4.69, 9.17) is 23.2 Å². The zero-order valence-electron chi connectivity index (χ0n) is 10.2. The Bertz CT molecular complexity index is 804. The first-order chi connectivity index (χ1) is 9.52. The molecule has 0 amide bonds. The molecule has 20 heavy (non-hydrogen) atoms. The molecule has 0 fully saturated rings. The van der Waals surface area contributed by atoms with Crippen molar-refractivity contribution >= 4 is 72.2 Å². The summed E-state index contributed by atoms with van der Waals surface area (Å²) in [6.45, 7) is 2.03. The van der Waals surface area contributed by atoms with Crippen molar-refractivity contribution in [3.05, 3.63) is 43.9 Å². The highest BCUT2D eigenvalue weighted by Gasteiger charge is 2.10. The van der Waals surface area contributed by atoms with Gasteiger partial charge in [0.1, 0.15) is 10.6 Å². The van der Waals surface area contributed by atoms with Gasteiger partial charge in [-0.2, -0.15) is 4.98 Å². The molecule has 3 nitrogen and oxygen atoms in total. The summed E-state index contributed by atoms with van der Waals surface area (Å²) in [4.78, 5) is 10.5. The molecule has 0 unspecified atom stereocenters. The van der Waals surface area contributed by atoms with Crippen LogP contribution < -0.4 is 5.32 Å². The monoisotopic (exact) mass is 387 g/mol. The van der Waals surface area contributed by atoms with Crippen molar-refractivity contribution in [2.75, 3.05) is 5.32 Å². The predicted molar refractivity (Wildman–Crippen MR) is 89.6 cm³/mol. The van der Waals surface area contributed by atoms with Gasteiger partial charge in [0.25, 0.3) is 0 Å². The minimum atomic E-state index is 0.227. The first-order valence-electron chi connectivity index (χ1n) is 5.69. The van der Waals surface area contributed by atoms with E-state index in [-0.39, 0.29) is 5.28 Å². The van der Waals surface area contributed by atoms with E-state index in [0.717, 1.165) is 25.3 Å². The van der Waals surface area contributed by atoms with Gasteiger partial charge in [-0.3, -0.25) is 0 Å². The van der Waals surface area contributed by atoms with Gasteiger partial charge in [0.15, 0.2) is 0 Å². The van der Waals surface area contributed by atoms with Crippen LogP contribution in [0.2, 0.25) is 10.3 Å². The minimum Gasteiger partial charge on any atom is -0.339 e. The molecule has 0 spiro atoms. The molecule has 0 aliphatic heterocycles. The average molecular weight is 389 g/mol. The minimum absolute atomic E-state index is 0.227. The molecular weight excluding hydrogens is 381 g/mol. The molecule has 2 heterocycles. The van der Waals surface area contributed by atoms with Gasteiger partial charge in [-0.1, -0.05) is 11.6 Å². The van der Waals surface area contributed by atoms with Crippen LogP contribution in [0.4, 0.5) is 11.5 Å². The van der Waals surface area contributed by atoms with E-state index in [1.165, 1.54) is 0 Å². The maximum absolute atomic E-state index is 6.09. The van der Waals surface area contributed by atoms with Crippen molar-refractivity contribution in [3.63, 3.8) is 0 Å². The molecular formula is C13H8BrCl2N3S. The molecule has 1 aromatic carbocycles. The standard InChI is InChI=1S/C13H8BrCl2N3S/c1-6-4-8-11(18-13(16)19-12(8)20-6)17-7-2-3-9(14)10(15)5-7/h2-5H,1H3,(H,17,18,19). The second-order valence-corrected chi connectivity index (χ2v) is 7.01. The Morgan fingerprint density at radius 1 is 1.20 bits per heavy atom. The van der Waals surface area contributed by atoms with Crippen LogP contribution in [0.15, 0.2) is 28.7 Å². The molecule has 0 bridgehead atoms. The first kappa shape index (κ1) is 14.1. The third-order valence-electron chi connectivity index (χ3n) is 2.67. The van der Waals surface area contributed by atoms with E-state index in [1.807, 2.05) is 31.2 Å². The normalized spacial score (nSPS) is 11.0. The van der Waals surface area contributed by atoms with Crippen molar-refractivity contribution in [1.29, 1.82) is 0 Å². The molecule has 0 atom stereocenters. The number of halogens is 3. The van der Waals surface area contributed by atoms with Gasteiger partial charge < -0.3 is 5.32 Å². The van der Waals surface area contributed by atoms with Crippen molar-refractivity contribution in [1.82, 2.24) is 9.97 Å². The largest absolute Gasteiger partial charge is 0.339 e. The highest BCUT2D eigenvalue weighted by molar-refractivity contribution is 9.10. The van der Waals surface area contributed by atoms with Gasteiger partial charge >= 0.3 is 0 Å². The van der Waals surface area contributed by atoms with Crippen LogP contribution in [-0.4, -0.2) is 9.97 Å². The molecule has 3 rings (SSSR count). The van der Waals surface area contributed by atoms with Crippen molar-refractivity contribution in [2.24, 2.45) is 0 Å². The summed E-state index contributed by atoms with van der Waals surface area (Å²) in [7, 11) is 0. The topological polar surface area (TPSA) is 37.8 Å². The molecule has 0 saturated heterocycles. The maximum atomic E-state index is 6.09.